The minimum Gasteiger partial charge on any atom is -0.756 e. The number of allylic oxidation sites excluding steroid dienone is 11. The van der Waals surface area contributed by atoms with Gasteiger partial charge < -0.3 is 28.5 Å². The highest BCUT2D eigenvalue weighted by atomic mass is 31.2. The summed E-state index contributed by atoms with van der Waals surface area (Å²) in [4.78, 5) is 39.7. The van der Waals surface area contributed by atoms with E-state index < -0.39 is 26.6 Å². The van der Waals surface area contributed by atoms with Crippen LogP contribution in [-0.2, 0) is 27.9 Å². The van der Waals surface area contributed by atoms with Crippen LogP contribution in [0.1, 0.15) is 220 Å². The zero-order chi connectivity index (χ0) is 48.7. The molecule has 0 saturated heterocycles. The molecular formula is C56H101N2O7P. The summed E-state index contributed by atoms with van der Waals surface area (Å²) >= 11 is 0. The third-order valence-electron chi connectivity index (χ3n) is 11.4. The Morgan fingerprint density at radius 1 is 0.561 bits per heavy atom. The molecule has 0 aromatic rings. The first kappa shape index (κ1) is 63.5. The maximum Gasteiger partial charge on any atom is 0.306 e. The number of amides is 1. The second kappa shape index (κ2) is 46.2. The van der Waals surface area contributed by atoms with Crippen molar-refractivity contribution in [3.63, 3.8) is 0 Å². The van der Waals surface area contributed by atoms with Crippen LogP contribution in [0.3, 0.4) is 0 Å². The highest BCUT2D eigenvalue weighted by Gasteiger charge is 2.27. The first-order valence-corrected chi connectivity index (χ1v) is 28.2. The third-order valence-corrected chi connectivity index (χ3v) is 12.4. The van der Waals surface area contributed by atoms with Gasteiger partial charge in [-0.1, -0.05) is 203 Å². The summed E-state index contributed by atoms with van der Waals surface area (Å²) in [7, 11) is 1.16. The van der Waals surface area contributed by atoms with Gasteiger partial charge in [0.2, 0.25) is 5.91 Å². The van der Waals surface area contributed by atoms with Gasteiger partial charge in [0.15, 0.2) is 0 Å². The average molecular weight is 945 g/mol. The monoisotopic (exact) mass is 945 g/mol. The molecule has 0 aromatic carbocycles. The number of nitrogens with one attached hydrogen (secondary N) is 1. The van der Waals surface area contributed by atoms with Crippen LogP contribution >= 0.6 is 7.82 Å². The van der Waals surface area contributed by atoms with Crippen LogP contribution < -0.4 is 10.2 Å². The van der Waals surface area contributed by atoms with Crippen molar-refractivity contribution in [2.75, 3.05) is 40.9 Å². The second-order valence-electron chi connectivity index (χ2n) is 19.0. The molecular weight excluding hydrogens is 844 g/mol. The van der Waals surface area contributed by atoms with E-state index in [2.05, 4.69) is 80.8 Å². The molecule has 0 radical (unpaired) electrons. The second-order valence-corrected chi connectivity index (χ2v) is 20.4. The predicted molar refractivity (Wildman–Crippen MR) is 279 cm³/mol. The lowest BCUT2D eigenvalue weighted by Gasteiger charge is -2.30. The Labute approximate surface area is 406 Å². The number of likely N-dealkylation sites (N-methyl/N-ethyl adjacent to an activating group) is 1. The van der Waals surface area contributed by atoms with Crippen LogP contribution in [0.25, 0.3) is 0 Å². The van der Waals surface area contributed by atoms with Crippen molar-refractivity contribution in [1.29, 1.82) is 0 Å². The van der Waals surface area contributed by atoms with Gasteiger partial charge in [-0.15, -0.1) is 0 Å². The van der Waals surface area contributed by atoms with Crippen LogP contribution in [-0.4, -0.2) is 69.4 Å². The maximum atomic E-state index is 13.4. The minimum atomic E-state index is -4.70. The molecule has 0 fully saturated rings. The van der Waals surface area contributed by atoms with E-state index in [-0.39, 0.29) is 31.3 Å². The van der Waals surface area contributed by atoms with E-state index >= 15 is 0 Å². The number of carbonyl (C=O) groups is 2. The van der Waals surface area contributed by atoms with E-state index in [9.17, 15) is 19.0 Å². The number of hydrogen-bond donors (Lipinski definition) is 1. The van der Waals surface area contributed by atoms with Gasteiger partial charge in [-0.05, 0) is 76.7 Å². The molecule has 1 amide bonds. The normalized spacial score (nSPS) is 14.5. The lowest BCUT2D eigenvalue weighted by molar-refractivity contribution is -0.870. The number of quaternary nitrogens is 1. The molecule has 0 saturated carbocycles. The van der Waals surface area contributed by atoms with Gasteiger partial charge in [0, 0.05) is 12.8 Å². The van der Waals surface area contributed by atoms with Crippen molar-refractivity contribution < 1.29 is 37.3 Å². The summed E-state index contributed by atoms with van der Waals surface area (Å²) < 4.78 is 30.1. The molecule has 0 bridgehead atoms. The molecule has 9 nitrogen and oxygen atoms in total. The van der Waals surface area contributed by atoms with Crippen molar-refractivity contribution in [3.8, 4) is 0 Å². The predicted octanol–water partition coefficient (Wildman–Crippen LogP) is 15.1. The maximum absolute atomic E-state index is 13.4. The third kappa shape index (κ3) is 46.6. The number of carbonyl (C=O) groups excluding carboxylic acids is 2. The molecule has 3 unspecified atom stereocenters. The zero-order valence-electron chi connectivity index (χ0n) is 43.4. The van der Waals surface area contributed by atoms with Crippen molar-refractivity contribution >= 4 is 19.7 Å². The Hall–Kier alpha value is -2.55. The first-order chi connectivity index (χ1) is 31.9. The zero-order valence-corrected chi connectivity index (χ0v) is 44.3. The van der Waals surface area contributed by atoms with E-state index in [1.165, 1.54) is 77.0 Å². The van der Waals surface area contributed by atoms with E-state index in [4.69, 9.17) is 13.8 Å². The average Bonchev–Trinajstić information content (AvgIpc) is 3.27. The number of unbranched alkanes of at least 4 members (excludes halogenated alkanes) is 23. The Bertz CT molecular complexity index is 1370. The number of phosphoric acid groups is 1. The summed E-state index contributed by atoms with van der Waals surface area (Å²) in [6.45, 7) is 6.56. The Morgan fingerprint density at radius 2 is 1.05 bits per heavy atom. The molecule has 0 rings (SSSR count). The molecule has 66 heavy (non-hydrogen) atoms. The van der Waals surface area contributed by atoms with E-state index in [1.807, 2.05) is 39.4 Å². The summed E-state index contributed by atoms with van der Waals surface area (Å²) in [6.07, 6.45) is 57.2. The quantitative estimate of drug-likeness (QED) is 0.0161. The standard InChI is InChI=1S/C56H101N2O7P/c1-7-10-13-16-19-22-25-28-31-34-37-40-43-46-49-56(60)65-54(47-44-41-38-35-32-29-26-23-20-17-14-11-8-2)53(52-64-66(61,62)63-51-50-58(4,5)6)57-55(59)48-45-42-39-36-33-30-27-24-21-18-15-12-9-3/h10,12-13,15,18-19,21-22,24,27,44,47,53-54H,7-9,11,14,16-17,20,23,25-26,28-43,45-46,48-52H2,1-6H3,(H-,57,59,61,62)/b13-10+,15-12+,21-18+,22-19+,27-24-,47-44+. The van der Waals surface area contributed by atoms with Crippen LogP contribution in [0, 0.1) is 0 Å². The topological polar surface area (TPSA) is 114 Å². The molecule has 0 aliphatic heterocycles. The van der Waals surface area contributed by atoms with Crippen LogP contribution in [0.2, 0.25) is 0 Å². The van der Waals surface area contributed by atoms with Crippen molar-refractivity contribution in [2.24, 2.45) is 0 Å². The molecule has 0 spiro atoms. The largest absolute Gasteiger partial charge is 0.756 e. The van der Waals surface area contributed by atoms with E-state index in [1.54, 1.807) is 0 Å². The number of nitrogens with zero attached hydrogens (tertiary/aromatic N) is 1. The van der Waals surface area contributed by atoms with Crippen LogP contribution in [0.4, 0.5) is 0 Å². The SMILES string of the molecule is CC/C=C/C=C/C=C\CCCCCCCC(=O)NC(COP(=O)([O-])OCC[N+](C)(C)C)C(/C=C/CCCCCCCCCCCCC)OC(=O)CCCCCCCCC/C=C/C/C=C/CC. The summed E-state index contributed by atoms with van der Waals surface area (Å²) in [5.74, 6) is -0.579. The number of rotatable bonds is 47. The van der Waals surface area contributed by atoms with Gasteiger partial charge in [-0.3, -0.25) is 14.2 Å². The van der Waals surface area contributed by atoms with Crippen LogP contribution in [0.15, 0.2) is 72.9 Å². The van der Waals surface area contributed by atoms with E-state index in [0.717, 1.165) is 103 Å². The summed E-state index contributed by atoms with van der Waals surface area (Å²) in [5, 5.41) is 3.00. The highest BCUT2D eigenvalue weighted by molar-refractivity contribution is 7.45. The molecule has 382 valence electrons. The van der Waals surface area contributed by atoms with E-state index in [0.29, 0.717) is 17.4 Å². The fourth-order valence-corrected chi connectivity index (χ4v) is 8.05. The number of phosphoric ester groups is 1. The minimum absolute atomic E-state index is 0.0307. The first-order valence-electron chi connectivity index (χ1n) is 26.8. The fourth-order valence-electron chi connectivity index (χ4n) is 7.32. The molecule has 1 N–H and O–H groups in total. The smallest absolute Gasteiger partial charge is 0.306 e. The molecule has 0 aliphatic carbocycles. The van der Waals surface area contributed by atoms with Gasteiger partial charge in [0.1, 0.15) is 19.3 Å². The molecule has 0 aliphatic rings. The highest BCUT2D eigenvalue weighted by Crippen LogP contribution is 2.38. The lowest BCUT2D eigenvalue weighted by Crippen LogP contribution is -2.47. The summed E-state index contributed by atoms with van der Waals surface area (Å²) in [6, 6.07) is -0.903. The van der Waals surface area contributed by atoms with Gasteiger partial charge in [0.25, 0.3) is 7.82 Å². The number of esters is 1. The van der Waals surface area contributed by atoms with Gasteiger partial charge in [-0.25, -0.2) is 0 Å². The van der Waals surface area contributed by atoms with Crippen molar-refractivity contribution in [1.82, 2.24) is 5.32 Å². The van der Waals surface area contributed by atoms with Gasteiger partial charge in [-0.2, -0.15) is 0 Å². The Balaban J connectivity index is 5.47. The molecule has 3 atom stereocenters. The van der Waals surface area contributed by atoms with Crippen LogP contribution in [0.5, 0.6) is 0 Å². The number of hydrogen-bond acceptors (Lipinski definition) is 7. The molecule has 10 heteroatoms. The Morgan fingerprint density at radius 3 is 1.61 bits per heavy atom. The summed E-state index contributed by atoms with van der Waals surface area (Å²) in [5.41, 5.74) is 0. The number of ether oxygens (including phenoxy) is 1. The lowest BCUT2D eigenvalue weighted by atomic mass is 10.0. The van der Waals surface area contributed by atoms with Gasteiger partial charge >= 0.3 is 5.97 Å². The van der Waals surface area contributed by atoms with Gasteiger partial charge in [0.05, 0.1) is 33.8 Å². The molecule has 0 aromatic heterocycles. The van der Waals surface area contributed by atoms with Crippen molar-refractivity contribution in [2.45, 2.75) is 232 Å². The van der Waals surface area contributed by atoms with Crippen molar-refractivity contribution in [3.05, 3.63) is 72.9 Å². The Kier molecular flexibility index (Phi) is 44.4. The molecule has 0 heterocycles. The fraction of sp³-hybridized carbons (Fsp3) is 0.750.